The molecule has 0 spiro atoms. The van der Waals surface area contributed by atoms with E-state index in [1.807, 2.05) is 24.3 Å². The van der Waals surface area contributed by atoms with Crippen molar-refractivity contribution in [3.05, 3.63) is 54.2 Å². The van der Waals surface area contributed by atoms with Crippen molar-refractivity contribution < 1.29 is 14.1 Å². The zero-order chi connectivity index (χ0) is 19.9. The maximum Gasteiger partial charge on any atom is 0.227 e. The highest BCUT2D eigenvalue weighted by molar-refractivity contribution is 5.76. The Balaban J connectivity index is 1.27. The third-order valence-corrected chi connectivity index (χ3v) is 4.83. The van der Waals surface area contributed by atoms with E-state index in [2.05, 4.69) is 25.4 Å². The summed E-state index contributed by atoms with van der Waals surface area (Å²) in [6.07, 6.45) is 8.74. The second-order valence-electron chi connectivity index (χ2n) is 7.00. The van der Waals surface area contributed by atoms with Crippen LogP contribution in [-0.4, -0.2) is 32.1 Å². The van der Waals surface area contributed by atoms with Gasteiger partial charge in [-0.05, 0) is 43.9 Å². The van der Waals surface area contributed by atoms with Crippen LogP contribution in [0, 0.1) is 0 Å². The van der Waals surface area contributed by atoms with E-state index in [-0.39, 0.29) is 18.4 Å². The summed E-state index contributed by atoms with van der Waals surface area (Å²) in [5.41, 5.74) is 1.52. The van der Waals surface area contributed by atoms with Gasteiger partial charge in [0, 0.05) is 37.3 Å². The number of hydrogen-bond acceptors (Lipinski definition) is 7. The van der Waals surface area contributed by atoms with Crippen LogP contribution in [0.25, 0.3) is 11.5 Å². The lowest BCUT2D eigenvalue weighted by Gasteiger charge is -2.15. The van der Waals surface area contributed by atoms with Crippen LogP contribution in [0.3, 0.4) is 0 Å². The molecule has 0 bridgehead atoms. The molecular weight excluding hydrogens is 370 g/mol. The summed E-state index contributed by atoms with van der Waals surface area (Å²) in [4.78, 5) is 25.1. The van der Waals surface area contributed by atoms with Gasteiger partial charge in [0.25, 0.3) is 0 Å². The fourth-order valence-corrected chi connectivity index (χ4v) is 3.29. The number of ether oxygens (including phenoxy) is 1. The molecule has 1 amide bonds. The largest absolute Gasteiger partial charge is 0.474 e. The Morgan fingerprint density at radius 2 is 2.00 bits per heavy atom. The van der Waals surface area contributed by atoms with Gasteiger partial charge in [0.1, 0.15) is 11.8 Å². The Morgan fingerprint density at radius 3 is 2.83 bits per heavy atom. The zero-order valence-corrected chi connectivity index (χ0v) is 16.1. The molecular formula is C21H23N5O3. The third kappa shape index (κ3) is 5.16. The molecule has 150 valence electrons. The van der Waals surface area contributed by atoms with Crippen LogP contribution >= 0.6 is 0 Å². The van der Waals surface area contributed by atoms with Crippen molar-refractivity contribution >= 4 is 5.91 Å². The van der Waals surface area contributed by atoms with Crippen molar-refractivity contribution in [3.8, 4) is 17.4 Å². The van der Waals surface area contributed by atoms with Crippen LogP contribution in [-0.2, 0) is 17.8 Å². The van der Waals surface area contributed by atoms with E-state index in [1.165, 1.54) is 12.8 Å². The molecule has 0 aromatic carbocycles. The van der Waals surface area contributed by atoms with Gasteiger partial charge in [-0.25, -0.2) is 4.98 Å². The van der Waals surface area contributed by atoms with Gasteiger partial charge in [-0.15, -0.1) is 0 Å². The number of rotatable bonds is 8. The molecule has 3 aromatic heterocycles. The topological polar surface area (TPSA) is 103 Å². The van der Waals surface area contributed by atoms with E-state index >= 15 is 0 Å². The van der Waals surface area contributed by atoms with Gasteiger partial charge < -0.3 is 14.6 Å². The van der Waals surface area contributed by atoms with E-state index in [0.29, 0.717) is 36.3 Å². The SMILES string of the molecule is O=C(CCc1nc(-c2ccccn2)no1)NCc1cccnc1OC1CCCC1. The quantitative estimate of drug-likeness (QED) is 0.627. The Morgan fingerprint density at radius 1 is 1.14 bits per heavy atom. The summed E-state index contributed by atoms with van der Waals surface area (Å²) >= 11 is 0. The Kier molecular flexibility index (Phi) is 6.09. The van der Waals surface area contributed by atoms with Crippen molar-refractivity contribution in [1.29, 1.82) is 0 Å². The van der Waals surface area contributed by atoms with Crippen molar-refractivity contribution in [2.45, 2.75) is 51.2 Å². The average molecular weight is 393 g/mol. The van der Waals surface area contributed by atoms with E-state index in [4.69, 9.17) is 9.26 Å². The minimum absolute atomic E-state index is 0.0988. The number of carbonyl (C=O) groups is 1. The molecule has 1 aliphatic carbocycles. The Labute approximate surface area is 168 Å². The van der Waals surface area contributed by atoms with Gasteiger partial charge in [-0.2, -0.15) is 4.98 Å². The minimum atomic E-state index is -0.0988. The first kappa shape index (κ1) is 19.0. The highest BCUT2D eigenvalue weighted by atomic mass is 16.5. The molecule has 3 aromatic rings. The number of pyridine rings is 2. The zero-order valence-electron chi connectivity index (χ0n) is 16.1. The molecule has 1 fully saturated rings. The number of nitrogens with one attached hydrogen (secondary N) is 1. The molecule has 1 saturated carbocycles. The highest BCUT2D eigenvalue weighted by Crippen LogP contribution is 2.25. The molecule has 8 nitrogen and oxygen atoms in total. The van der Waals surface area contributed by atoms with Crippen molar-refractivity contribution in [1.82, 2.24) is 25.4 Å². The monoisotopic (exact) mass is 393 g/mol. The Bertz CT molecular complexity index is 938. The summed E-state index contributed by atoms with van der Waals surface area (Å²) < 4.78 is 11.2. The fourth-order valence-electron chi connectivity index (χ4n) is 3.29. The van der Waals surface area contributed by atoms with Crippen LogP contribution in [0.1, 0.15) is 43.6 Å². The third-order valence-electron chi connectivity index (χ3n) is 4.83. The summed E-state index contributed by atoms with van der Waals surface area (Å²) in [5.74, 6) is 1.34. The molecule has 0 radical (unpaired) electrons. The van der Waals surface area contributed by atoms with Crippen LogP contribution < -0.4 is 10.1 Å². The van der Waals surface area contributed by atoms with E-state index in [9.17, 15) is 4.79 Å². The number of hydrogen-bond donors (Lipinski definition) is 1. The molecule has 0 atom stereocenters. The smallest absolute Gasteiger partial charge is 0.227 e. The van der Waals surface area contributed by atoms with Gasteiger partial charge in [0.2, 0.25) is 23.5 Å². The second-order valence-corrected chi connectivity index (χ2v) is 7.00. The first-order chi connectivity index (χ1) is 14.3. The van der Waals surface area contributed by atoms with E-state index < -0.39 is 0 Å². The van der Waals surface area contributed by atoms with Gasteiger partial charge in [0.15, 0.2) is 0 Å². The number of aryl methyl sites for hydroxylation is 1. The van der Waals surface area contributed by atoms with Gasteiger partial charge in [-0.3, -0.25) is 9.78 Å². The number of aromatic nitrogens is 4. The number of nitrogens with zero attached hydrogens (tertiary/aromatic N) is 4. The predicted molar refractivity (Wildman–Crippen MR) is 105 cm³/mol. The standard InChI is InChI=1S/C21H23N5O3/c27-18(10-11-19-25-20(26-29-19)17-9-3-4-12-22-17)24-14-15-6-5-13-23-21(15)28-16-7-1-2-8-16/h3-6,9,12-13,16H,1-2,7-8,10-11,14H2,(H,24,27). The number of amides is 1. The number of carbonyl (C=O) groups excluding carboxylic acids is 1. The van der Waals surface area contributed by atoms with E-state index in [0.717, 1.165) is 18.4 Å². The molecule has 29 heavy (non-hydrogen) atoms. The molecule has 0 aliphatic heterocycles. The first-order valence-electron chi connectivity index (χ1n) is 9.89. The lowest BCUT2D eigenvalue weighted by atomic mass is 10.2. The summed E-state index contributed by atoms with van der Waals surface area (Å²) in [7, 11) is 0. The van der Waals surface area contributed by atoms with Crippen LogP contribution in [0.5, 0.6) is 5.88 Å². The van der Waals surface area contributed by atoms with Gasteiger partial charge in [-0.1, -0.05) is 17.3 Å². The lowest BCUT2D eigenvalue weighted by molar-refractivity contribution is -0.121. The molecule has 3 heterocycles. The minimum Gasteiger partial charge on any atom is -0.474 e. The summed E-state index contributed by atoms with van der Waals surface area (Å²) in [6, 6.07) is 9.26. The van der Waals surface area contributed by atoms with Gasteiger partial charge in [0.05, 0.1) is 0 Å². The van der Waals surface area contributed by atoms with E-state index in [1.54, 1.807) is 18.5 Å². The normalized spacial score (nSPS) is 14.1. The van der Waals surface area contributed by atoms with Crippen molar-refractivity contribution in [2.75, 3.05) is 0 Å². The maximum atomic E-state index is 12.2. The Hall–Kier alpha value is -3.29. The van der Waals surface area contributed by atoms with Crippen molar-refractivity contribution in [2.24, 2.45) is 0 Å². The highest BCUT2D eigenvalue weighted by Gasteiger charge is 2.19. The van der Waals surface area contributed by atoms with Crippen LogP contribution in [0.15, 0.2) is 47.2 Å². The molecule has 0 saturated heterocycles. The molecule has 1 N–H and O–H groups in total. The molecule has 8 heteroatoms. The second kappa shape index (κ2) is 9.27. The van der Waals surface area contributed by atoms with Crippen LogP contribution in [0.4, 0.5) is 0 Å². The molecule has 4 rings (SSSR count). The summed E-state index contributed by atoms with van der Waals surface area (Å²) in [6.45, 7) is 0.373. The molecule has 1 aliphatic rings. The fraction of sp³-hybridized carbons (Fsp3) is 0.381. The van der Waals surface area contributed by atoms with Crippen molar-refractivity contribution in [3.63, 3.8) is 0 Å². The van der Waals surface area contributed by atoms with Gasteiger partial charge >= 0.3 is 0 Å². The molecule has 0 unspecified atom stereocenters. The first-order valence-corrected chi connectivity index (χ1v) is 9.89. The summed E-state index contributed by atoms with van der Waals surface area (Å²) in [5, 5.41) is 6.83. The predicted octanol–water partition coefficient (Wildman–Crippen LogP) is 3.10. The maximum absolute atomic E-state index is 12.2. The van der Waals surface area contributed by atoms with Crippen LogP contribution in [0.2, 0.25) is 0 Å². The average Bonchev–Trinajstić information content (AvgIpc) is 3.44. The lowest BCUT2D eigenvalue weighted by Crippen LogP contribution is -2.24.